The summed E-state index contributed by atoms with van der Waals surface area (Å²) in [5, 5.41) is 10.0. The number of aromatic nitrogens is 3. The summed E-state index contributed by atoms with van der Waals surface area (Å²) in [4.78, 5) is 34.8. The number of pyridine rings is 3. The number of aliphatic hydroxyl groups excluding tert-OH is 1. The predicted octanol–water partition coefficient (Wildman–Crippen LogP) is 2.85. The summed E-state index contributed by atoms with van der Waals surface area (Å²) < 4.78 is 106. The Morgan fingerprint density at radius 1 is 1.14 bits per heavy atom. The van der Waals surface area contributed by atoms with Crippen molar-refractivity contribution in [3.63, 3.8) is 0 Å². The molecule has 198 valence electrons. The molecule has 37 heavy (non-hydrogen) atoms. The molecule has 1 fully saturated rings. The van der Waals surface area contributed by atoms with E-state index in [1.807, 2.05) is 0 Å². The zero-order valence-corrected chi connectivity index (χ0v) is 18.2. The molecule has 4 heterocycles. The maximum absolute atomic E-state index is 14.6. The number of anilines is 1. The van der Waals surface area contributed by atoms with Crippen molar-refractivity contribution in [2.45, 2.75) is 30.9 Å². The van der Waals surface area contributed by atoms with Crippen molar-refractivity contribution in [1.82, 2.24) is 19.9 Å². The largest absolute Gasteiger partial charge is 0.417 e. The van der Waals surface area contributed by atoms with Gasteiger partial charge in [0.2, 0.25) is 11.5 Å². The lowest BCUT2D eigenvalue weighted by Gasteiger charge is -2.24. The van der Waals surface area contributed by atoms with Crippen LogP contribution in [0, 0.1) is 11.6 Å². The van der Waals surface area contributed by atoms with Crippen molar-refractivity contribution in [3.05, 3.63) is 58.0 Å². The quantitative estimate of drug-likeness (QED) is 0.497. The van der Waals surface area contributed by atoms with Crippen molar-refractivity contribution in [3.8, 4) is 5.82 Å². The zero-order chi connectivity index (χ0) is 27.3. The Labute approximate surface area is 201 Å². The molecule has 1 atom stereocenters. The molecule has 0 spiro atoms. The molecule has 1 aliphatic heterocycles. The van der Waals surface area contributed by atoms with Crippen LogP contribution in [0.2, 0.25) is 0 Å². The van der Waals surface area contributed by atoms with Gasteiger partial charge in [0.15, 0.2) is 17.3 Å². The third-order valence-electron chi connectivity index (χ3n) is 5.51. The van der Waals surface area contributed by atoms with E-state index in [-0.39, 0.29) is 18.0 Å². The summed E-state index contributed by atoms with van der Waals surface area (Å²) in [6.07, 6.45) is -11.1. The number of β-amino-alcohol motifs (C(OH)–C–C–N with tert-alkyl or cyclic N) is 1. The van der Waals surface area contributed by atoms with Crippen LogP contribution in [0.25, 0.3) is 16.9 Å². The van der Waals surface area contributed by atoms with Crippen LogP contribution in [0.3, 0.4) is 0 Å². The van der Waals surface area contributed by atoms with E-state index >= 15 is 0 Å². The molecule has 0 aromatic carbocycles. The van der Waals surface area contributed by atoms with Gasteiger partial charge in [-0.05, 0) is 18.6 Å². The van der Waals surface area contributed by atoms with Crippen LogP contribution in [0.4, 0.5) is 40.9 Å². The van der Waals surface area contributed by atoms with Gasteiger partial charge in [0.1, 0.15) is 17.2 Å². The van der Waals surface area contributed by atoms with Crippen LogP contribution in [-0.4, -0.2) is 63.1 Å². The normalized spacial score (nSPS) is 16.6. The highest BCUT2D eigenvalue weighted by atomic mass is 19.4. The molecule has 8 nitrogen and oxygen atoms in total. The van der Waals surface area contributed by atoms with E-state index in [4.69, 9.17) is 0 Å². The van der Waals surface area contributed by atoms with E-state index in [1.165, 1.54) is 6.07 Å². The number of halogens is 8. The van der Waals surface area contributed by atoms with Crippen LogP contribution in [0.5, 0.6) is 0 Å². The summed E-state index contributed by atoms with van der Waals surface area (Å²) in [7, 11) is 0. The SMILES string of the molecule is O=C(NC(C(F)(F)F)C(F)(F)F)c1cn(-c2ncc(F)cc2F)c2nc(N3CC[C@@H](O)C3)ccc2c1=O. The second-order valence-electron chi connectivity index (χ2n) is 8.12. The molecule has 2 N–H and O–H groups in total. The van der Waals surface area contributed by atoms with Crippen LogP contribution in [0.15, 0.2) is 35.4 Å². The highest BCUT2D eigenvalue weighted by molar-refractivity contribution is 5.97. The van der Waals surface area contributed by atoms with Gasteiger partial charge in [0.25, 0.3) is 5.91 Å². The van der Waals surface area contributed by atoms with Gasteiger partial charge in [-0.2, -0.15) is 26.3 Å². The average Bonchev–Trinajstić information content (AvgIpc) is 3.22. The zero-order valence-electron chi connectivity index (χ0n) is 18.2. The van der Waals surface area contributed by atoms with Gasteiger partial charge >= 0.3 is 12.4 Å². The number of carbonyl (C=O) groups is 1. The molecular weight excluding hydrogens is 522 g/mol. The summed E-state index contributed by atoms with van der Waals surface area (Å²) in [6, 6.07) is -1.55. The molecule has 1 saturated heterocycles. The number of nitrogens with zero attached hydrogens (tertiary/aromatic N) is 4. The van der Waals surface area contributed by atoms with Gasteiger partial charge < -0.3 is 15.3 Å². The van der Waals surface area contributed by atoms with Gasteiger partial charge in [0, 0.05) is 25.4 Å². The third kappa shape index (κ3) is 5.19. The highest BCUT2D eigenvalue weighted by Crippen LogP contribution is 2.33. The number of fused-ring (bicyclic) bond motifs is 1. The predicted molar refractivity (Wildman–Crippen MR) is 111 cm³/mol. The van der Waals surface area contributed by atoms with Crippen molar-refractivity contribution < 1.29 is 45.0 Å². The van der Waals surface area contributed by atoms with Gasteiger partial charge in [-0.25, -0.2) is 18.7 Å². The lowest BCUT2D eigenvalue weighted by molar-refractivity contribution is -0.255. The topological polar surface area (TPSA) is 100 Å². The maximum Gasteiger partial charge on any atom is 0.417 e. The molecule has 0 saturated carbocycles. The molecule has 0 aliphatic carbocycles. The summed E-state index contributed by atoms with van der Waals surface area (Å²) in [6.45, 7) is 0.506. The fraction of sp³-hybridized carbons (Fsp3) is 0.333. The van der Waals surface area contributed by atoms with E-state index in [2.05, 4.69) is 9.97 Å². The fourth-order valence-electron chi connectivity index (χ4n) is 3.79. The number of nitrogens with one attached hydrogen (secondary N) is 1. The van der Waals surface area contributed by atoms with Gasteiger partial charge in [-0.15, -0.1) is 0 Å². The molecule has 0 unspecified atom stereocenters. The Bertz CT molecular complexity index is 1410. The number of rotatable bonds is 4. The van der Waals surface area contributed by atoms with E-state index in [0.29, 0.717) is 36.0 Å². The Morgan fingerprint density at radius 3 is 2.38 bits per heavy atom. The van der Waals surface area contributed by atoms with Crippen LogP contribution < -0.4 is 15.6 Å². The second kappa shape index (κ2) is 9.24. The van der Waals surface area contributed by atoms with Crippen molar-refractivity contribution >= 4 is 22.8 Å². The first-order chi connectivity index (χ1) is 17.2. The minimum atomic E-state index is -5.94. The van der Waals surface area contributed by atoms with Gasteiger partial charge in [-0.1, -0.05) is 0 Å². The summed E-state index contributed by atoms with van der Waals surface area (Å²) >= 11 is 0. The van der Waals surface area contributed by atoms with Crippen molar-refractivity contribution in [2.24, 2.45) is 0 Å². The minimum Gasteiger partial charge on any atom is -0.391 e. The summed E-state index contributed by atoms with van der Waals surface area (Å²) in [5.74, 6) is -5.04. The number of hydrogen-bond acceptors (Lipinski definition) is 6. The van der Waals surface area contributed by atoms with E-state index in [0.717, 1.165) is 11.4 Å². The average molecular weight is 537 g/mol. The number of alkyl halides is 6. The van der Waals surface area contributed by atoms with Crippen LogP contribution in [0.1, 0.15) is 16.8 Å². The molecule has 1 amide bonds. The van der Waals surface area contributed by atoms with Crippen molar-refractivity contribution in [2.75, 3.05) is 18.0 Å². The molecular formula is C21H15F8N5O3. The Hall–Kier alpha value is -3.82. The molecule has 1 aliphatic rings. The Kier molecular flexibility index (Phi) is 6.56. The molecule has 16 heteroatoms. The van der Waals surface area contributed by atoms with Crippen LogP contribution >= 0.6 is 0 Å². The third-order valence-corrected chi connectivity index (χ3v) is 5.51. The molecule has 4 rings (SSSR count). The van der Waals surface area contributed by atoms with E-state index in [9.17, 15) is 49.8 Å². The molecule has 0 bridgehead atoms. The lowest BCUT2D eigenvalue weighted by atomic mass is 10.1. The van der Waals surface area contributed by atoms with Gasteiger partial charge in [-0.3, -0.25) is 14.2 Å². The van der Waals surface area contributed by atoms with E-state index in [1.54, 1.807) is 4.90 Å². The van der Waals surface area contributed by atoms with Crippen molar-refractivity contribution in [1.29, 1.82) is 0 Å². The smallest absolute Gasteiger partial charge is 0.391 e. The summed E-state index contributed by atoms with van der Waals surface area (Å²) in [5.41, 5.74) is -2.88. The first-order valence-electron chi connectivity index (χ1n) is 10.4. The first kappa shape index (κ1) is 26.2. The standard InChI is InChI=1S/C21H15F8N5O3/c22-9-5-13(23)17(30-6-9)34-8-12(18(37)32-19(20(24,25)26)21(27,28)29)15(36)11-1-2-14(31-16(11)34)33-4-3-10(35)7-33/h1-2,5-6,8,10,19,35H,3-4,7H2,(H,32,37)/t10-/m1/s1. The maximum atomic E-state index is 14.6. The second-order valence-corrected chi connectivity index (χ2v) is 8.12. The number of carbonyl (C=O) groups excluding carboxylic acids is 1. The first-order valence-corrected chi connectivity index (χ1v) is 10.4. The Morgan fingerprint density at radius 2 is 1.81 bits per heavy atom. The van der Waals surface area contributed by atoms with Crippen LogP contribution in [-0.2, 0) is 0 Å². The van der Waals surface area contributed by atoms with E-state index < -0.39 is 64.2 Å². The number of aliphatic hydroxyl groups is 1. The molecule has 0 radical (unpaired) electrons. The minimum absolute atomic E-state index is 0.155. The Balaban J connectivity index is 1.91. The molecule has 3 aromatic rings. The lowest BCUT2D eigenvalue weighted by Crippen LogP contribution is -2.55. The monoisotopic (exact) mass is 537 g/mol. The highest BCUT2D eigenvalue weighted by Gasteiger charge is 2.57. The fourth-order valence-corrected chi connectivity index (χ4v) is 3.79. The number of hydrogen-bond donors (Lipinski definition) is 2. The van der Waals surface area contributed by atoms with Gasteiger partial charge in [0.05, 0.1) is 17.7 Å². The number of amides is 1. The molecule has 3 aromatic heterocycles.